The monoisotopic (exact) mass is 165 g/mol. The number of hydrogen-bond donors (Lipinski definition) is 3. The van der Waals surface area contributed by atoms with Crippen LogP contribution >= 0.6 is 0 Å². The summed E-state index contributed by atoms with van der Waals surface area (Å²) >= 11 is 0. The fourth-order valence-corrected chi connectivity index (χ4v) is 1.38. The van der Waals surface area contributed by atoms with E-state index in [1.807, 2.05) is 12.4 Å². The molecule has 3 N–H and O–H groups in total. The molecule has 3 heteroatoms. The summed E-state index contributed by atoms with van der Waals surface area (Å²) in [5.41, 5.74) is 1.34. The van der Waals surface area contributed by atoms with Gasteiger partial charge in [-0.15, -0.1) is 0 Å². The molecule has 0 amide bonds. The van der Waals surface area contributed by atoms with Gasteiger partial charge in [-0.1, -0.05) is 0 Å². The van der Waals surface area contributed by atoms with Crippen LogP contribution in [0.5, 0.6) is 0 Å². The molecule has 66 valence electrons. The first-order valence-electron chi connectivity index (χ1n) is 4.48. The van der Waals surface area contributed by atoms with Gasteiger partial charge in [-0.05, 0) is 17.5 Å². The first-order chi connectivity index (χ1) is 5.95. The van der Waals surface area contributed by atoms with E-state index in [2.05, 4.69) is 21.7 Å². The van der Waals surface area contributed by atoms with E-state index in [4.69, 9.17) is 0 Å². The fourth-order valence-electron chi connectivity index (χ4n) is 1.38. The summed E-state index contributed by atoms with van der Waals surface area (Å²) in [5.74, 6) is 0.851. The van der Waals surface area contributed by atoms with Crippen LogP contribution in [0.1, 0.15) is 5.56 Å². The molecule has 0 unspecified atom stereocenters. The topological polar surface area (TPSA) is 39.8 Å². The van der Waals surface area contributed by atoms with Crippen LogP contribution in [0.4, 0.5) is 0 Å². The number of aromatic nitrogens is 1. The van der Waals surface area contributed by atoms with Gasteiger partial charge in [0.2, 0.25) is 0 Å². The number of aromatic amines is 1. The average molecular weight is 165 g/mol. The molecule has 1 aromatic heterocycles. The van der Waals surface area contributed by atoms with Crippen LogP contribution in [-0.2, 0) is 6.54 Å². The molecule has 0 radical (unpaired) electrons. The van der Waals surface area contributed by atoms with Gasteiger partial charge in [0.05, 0.1) is 0 Å². The third-order valence-electron chi connectivity index (χ3n) is 2.29. The van der Waals surface area contributed by atoms with Gasteiger partial charge in [0.25, 0.3) is 0 Å². The highest BCUT2D eigenvalue weighted by atomic mass is 15.0. The summed E-state index contributed by atoms with van der Waals surface area (Å²) in [5, 5.41) is 6.69. The van der Waals surface area contributed by atoms with Gasteiger partial charge in [0, 0.05) is 38.6 Å². The van der Waals surface area contributed by atoms with Crippen molar-refractivity contribution in [2.75, 3.05) is 19.6 Å². The predicted molar refractivity (Wildman–Crippen MR) is 48.9 cm³/mol. The normalized spacial score (nSPS) is 17.7. The smallest absolute Gasteiger partial charge is 0.0220 e. The van der Waals surface area contributed by atoms with Crippen molar-refractivity contribution in [2.45, 2.75) is 6.54 Å². The Morgan fingerprint density at radius 1 is 1.50 bits per heavy atom. The second-order valence-corrected chi connectivity index (χ2v) is 3.37. The summed E-state index contributed by atoms with van der Waals surface area (Å²) in [6.45, 7) is 4.48. The average Bonchev–Trinajstić information content (AvgIpc) is 2.46. The van der Waals surface area contributed by atoms with Crippen molar-refractivity contribution in [2.24, 2.45) is 5.92 Å². The Kier molecular flexibility index (Phi) is 2.44. The van der Waals surface area contributed by atoms with Gasteiger partial charge in [0.1, 0.15) is 0 Å². The lowest BCUT2D eigenvalue weighted by Crippen LogP contribution is -2.47. The van der Waals surface area contributed by atoms with Crippen LogP contribution in [0.25, 0.3) is 0 Å². The minimum absolute atomic E-state index is 0.851. The van der Waals surface area contributed by atoms with Crippen molar-refractivity contribution in [1.82, 2.24) is 15.6 Å². The Bertz CT molecular complexity index is 214. The van der Waals surface area contributed by atoms with Crippen LogP contribution in [0.15, 0.2) is 18.5 Å². The van der Waals surface area contributed by atoms with Crippen molar-refractivity contribution < 1.29 is 0 Å². The zero-order valence-corrected chi connectivity index (χ0v) is 7.14. The Balaban J connectivity index is 1.62. The molecule has 0 bridgehead atoms. The standard InChI is InChI=1S/C9H15N3/c1-2-10-3-8(1)4-11-5-9-6-12-7-9/h1-3,9-12H,4-7H2. The van der Waals surface area contributed by atoms with Crippen molar-refractivity contribution in [3.63, 3.8) is 0 Å². The van der Waals surface area contributed by atoms with Crippen molar-refractivity contribution in [1.29, 1.82) is 0 Å². The lowest BCUT2D eigenvalue weighted by atomic mass is 10.0. The molecule has 12 heavy (non-hydrogen) atoms. The maximum atomic E-state index is 3.43. The molecule has 3 nitrogen and oxygen atoms in total. The van der Waals surface area contributed by atoms with E-state index in [0.29, 0.717) is 0 Å². The Morgan fingerprint density at radius 3 is 3.00 bits per heavy atom. The molecular weight excluding hydrogens is 150 g/mol. The van der Waals surface area contributed by atoms with Crippen molar-refractivity contribution in [3.05, 3.63) is 24.0 Å². The van der Waals surface area contributed by atoms with E-state index in [1.165, 1.54) is 18.7 Å². The first-order valence-corrected chi connectivity index (χ1v) is 4.48. The quantitative estimate of drug-likeness (QED) is 0.601. The number of rotatable bonds is 4. The highest BCUT2D eigenvalue weighted by Gasteiger charge is 2.15. The lowest BCUT2D eigenvalue weighted by Gasteiger charge is -2.27. The van der Waals surface area contributed by atoms with E-state index in [-0.39, 0.29) is 0 Å². The van der Waals surface area contributed by atoms with E-state index in [0.717, 1.165) is 19.0 Å². The van der Waals surface area contributed by atoms with Crippen LogP contribution in [0, 0.1) is 5.92 Å². The molecular formula is C9H15N3. The number of hydrogen-bond acceptors (Lipinski definition) is 2. The lowest BCUT2D eigenvalue weighted by molar-refractivity contribution is 0.331. The number of nitrogens with one attached hydrogen (secondary N) is 3. The minimum atomic E-state index is 0.851. The molecule has 1 fully saturated rings. The van der Waals surface area contributed by atoms with E-state index in [9.17, 15) is 0 Å². The highest BCUT2D eigenvalue weighted by Crippen LogP contribution is 2.01. The van der Waals surface area contributed by atoms with Crippen LogP contribution < -0.4 is 10.6 Å². The van der Waals surface area contributed by atoms with Gasteiger partial charge in [-0.2, -0.15) is 0 Å². The zero-order chi connectivity index (χ0) is 8.23. The van der Waals surface area contributed by atoms with Gasteiger partial charge in [-0.25, -0.2) is 0 Å². The summed E-state index contributed by atoms with van der Waals surface area (Å²) < 4.78 is 0. The third kappa shape index (κ3) is 1.87. The summed E-state index contributed by atoms with van der Waals surface area (Å²) in [6.07, 6.45) is 3.99. The SMILES string of the molecule is c1cc(CNCC2CNC2)c[nH]1. The Hall–Kier alpha value is -0.800. The second kappa shape index (κ2) is 3.74. The first kappa shape index (κ1) is 7.83. The third-order valence-corrected chi connectivity index (χ3v) is 2.29. The maximum Gasteiger partial charge on any atom is 0.0220 e. The van der Waals surface area contributed by atoms with Crippen LogP contribution in [0.2, 0.25) is 0 Å². The van der Waals surface area contributed by atoms with E-state index < -0.39 is 0 Å². The van der Waals surface area contributed by atoms with Crippen LogP contribution in [-0.4, -0.2) is 24.6 Å². The highest BCUT2D eigenvalue weighted by molar-refractivity contribution is 5.07. The molecule has 1 aliphatic heterocycles. The molecule has 0 saturated carbocycles. The Morgan fingerprint density at radius 2 is 2.42 bits per heavy atom. The van der Waals surface area contributed by atoms with Gasteiger partial charge in [0.15, 0.2) is 0 Å². The summed E-state index contributed by atoms with van der Waals surface area (Å²) in [7, 11) is 0. The van der Waals surface area contributed by atoms with Crippen molar-refractivity contribution >= 4 is 0 Å². The van der Waals surface area contributed by atoms with Crippen LogP contribution in [0.3, 0.4) is 0 Å². The maximum absolute atomic E-state index is 3.43. The zero-order valence-electron chi connectivity index (χ0n) is 7.14. The summed E-state index contributed by atoms with van der Waals surface area (Å²) in [6, 6.07) is 2.10. The molecule has 0 atom stereocenters. The molecule has 1 saturated heterocycles. The molecule has 0 aliphatic carbocycles. The molecule has 0 spiro atoms. The fraction of sp³-hybridized carbons (Fsp3) is 0.556. The predicted octanol–water partition coefficient (Wildman–Crippen LogP) is 0.324. The molecule has 2 rings (SSSR count). The molecule has 2 heterocycles. The van der Waals surface area contributed by atoms with Gasteiger partial charge >= 0.3 is 0 Å². The minimum Gasteiger partial charge on any atom is -0.367 e. The largest absolute Gasteiger partial charge is 0.367 e. The molecule has 1 aromatic rings. The van der Waals surface area contributed by atoms with Crippen molar-refractivity contribution in [3.8, 4) is 0 Å². The Labute approximate surface area is 72.6 Å². The number of H-pyrrole nitrogens is 1. The molecule has 1 aliphatic rings. The molecule has 0 aromatic carbocycles. The van der Waals surface area contributed by atoms with Gasteiger partial charge in [-0.3, -0.25) is 0 Å². The van der Waals surface area contributed by atoms with E-state index in [1.54, 1.807) is 0 Å². The van der Waals surface area contributed by atoms with E-state index >= 15 is 0 Å². The summed E-state index contributed by atoms with van der Waals surface area (Å²) in [4.78, 5) is 3.04. The van der Waals surface area contributed by atoms with Gasteiger partial charge < -0.3 is 15.6 Å². The second-order valence-electron chi connectivity index (χ2n) is 3.37.